The van der Waals surface area contributed by atoms with Crippen molar-refractivity contribution in [1.82, 2.24) is 15.5 Å². The largest absolute Gasteiger partial charge is 0.468 e. The highest BCUT2D eigenvalue weighted by atomic mass is 32.1. The average molecular weight is 430 g/mol. The van der Waals surface area contributed by atoms with Crippen LogP contribution in [-0.4, -0.2) is 56.2 Å². The Morgan fingerprint density at radius 2 is 2.00 bits per heavy atom. The Kier molecular flexibility index (Phi) is 7.70. The van der Waals surface area contributed by atoms with Gasteiger partial charge in [-0.3, -0.25) is 9.89 Å². The zero-order valence-corrected chi connectivity index (χ0v) is 18.9. The molecule has 30 heavy (non-hydrogen) atoms. The highest BCUT2D eigenvalue weighted by molar-refractivity contribution is 7.14. The summed E-state index contributed by atoms with van der Waals surface area (Å²) in [5.74, 6) is 1.96. The molecule has 0 bridgehead atoms. The molecule has 6 nitrogen and oxygen atoms in total. The summed E-state index contributed by atoms with van der Waals surface area (Å²) in [5, 5.41) is 10.7. The second-order valence-corrected chi connectivity index (χ2v) is 9.13. The molecule has 164 valence electrons. The van der Waals surface area contributed by atoms with Gasteiger partial charge in [0.05, 0.1) is 23.9 Å². The molecule has 4 rings (SSSR count). The van der Waals surface area contributed by atoms with Crippen LogP contribution in [0.5, 0.6) is 0 Å². The van der Waals surface area contributed by atoms with E-state index in [4.69, 9.17) is 9.41 Å². The highest BCUT2D eigenvalue weighted by Gasteiger charge is 2.25. The predicted molar refractivity (Wildman–Crippen MR) is 126 cm³/mol. The van der Waals surface area contributed by atoms with Gasteiger partial charge in [0.25, 0.3) is 0 Å². The Balaban J connectivity index is 1.36. The van der Waals surface area contributed by atoms with Crippen molar-refractivity contribution in [1.29, 1.82) is 0 Å². The Morgan fingerprint density at radius 1 is 1.17 bits per heavy atom. The van der Waals surface area contributed by atoms with Gasteiger partial charge >= 0.3 is 0 Å². The molecule has 7 heteroatoms. The maximum atomic E-state index is 5.78. The summed E-state index contributed by atoms with van der Waals surface area (Å²) in [5.41, 5.74) is 0. The number of anilines is 1. The van der Waals surface area contributed by atoms with Crippen LogP contribution in [0.1, 0.15) is 50.8 Å². The minimum atomic E-state index is 0.219. The molecule has 0 radical (unpaired) electrons. The SMILES string of the molecule is CCNC(=NCC(c1ccco1)N1CCCCC1)NC1CCN(c2cccs2)CC1. The fourth-order valence-electron chi connectivity index (χ4n) is 4.48. The first-order valence-electron chi connectivity index (χ1n) is 11.4. The highest BCUT2D eigenvalue weighted by Crippen LogP contribution is 2.26. The number of aliphatic imine (C=N–C) groups is 1. The van der Waals surface area contributed by atoms with Crippen LogP contribution in [-0.2, 0) is 0 Å². The first kappa shape index (κ1) is 21.2. The minimum Gasteiger partial charge on any atom is -0.468 e. The van der Waals surface area contributed by atoms with Crippen molar-refractivity contribution in [3.05, 3.63) is 41.7 Å². The molecule has 1 atom stereocenters. The standard InChI is InChI=1S/C23H35N5OS/c1-2-24-23(26-19-10-14-28(15-11-19)22-9-7-17-30-22)25-18-20(21-8-6-16-29-21)27-12-4-3-5-13-27/h6-9,16-17,19-20H,2-5,10-15,18H2,1H3,(H2,24,25,26). The Hall–Kier alpha value is -1.99. The Bertz CT molecular complexity index is 747. The summed E-state index contributed by atoms with van der Waals surface area (Å²) >= 11 is 1.83. The summed E-state index contributed by atoms with van der Waals surface area (Å²) in [6.07, 6.45) is 7.91. The third-order valence-corrected chi connectivity index (χ3v) is 7.05. The monoisotopic (exact) mass is 429 g/mol. The van der Waals surface area contributed by atoms with E-state index in [1.54, 1.807) is 6.26 Å². The lowest BCUT2D eigenvalue weighted by Crippen LogP contribution is -2.49. The summed E-state index contributed by atoms with van der Waals surface area (Å²) in [4.78, 5) is 10.0. The van der Waals surface area contributed by atoms with Crippen LogP contribution in [0.15, 0.2) is 45.3 Å². The van der Waals surface area contributed by atoms with E-state index >= 15 is 0 Å². The van der Waals surface area contributed by atoms with Crippen molar-refractivity contribution in [2.45, 2.75) is 51.1 Å². The Morgan fingerprint density at radius 3 is 2.67 bits per heavy atom. The number of guanidine groups is 1. The van der Waals surface area contributed by atoms with Gasteiger partial charge in [-0.2, -0.15) is 0 Å². The van der Waals surface area contributed by atoms with Crippen LogP contribution in [0, 0.1) is 0 Å². The first-order chi connectivity index (χ1) is 14.8. The summed E-state index contributed by atoms with van der Waals surface area (Å²) in [6, 6.07) is 9.13. The molecule has 2 saturated heterocycles. The van der Waals surface area contributed by atoms with Gasteiger partial charge in [0.2, 0.25) is 0 Å². The van der Waals surface area contributed by atoms with Crippen molar-refractivity contribution in [2.24, 2.45) is 4.99 Å². The zero-order chi connectivity index (χ0) is 20.6. The molecule has 1 unspecified atom stereocenters. The number of furan rings is 1. The topological polar surface area (TPSA) is 56.0 Å². The maximum Gasteiger partial charge on any atom is 0.191 e. The van der Waals surface area contributed by atoms with Gasteiger partial charge in [0, 0.05) is 25.7 Å². The van der Waals surface area contributed by atoms with E-state index in [9.17, 15) is 0 Å². The van der Waals surface area contributed by atoms with Crippen LogP contribution >= 0.6 is 11.3 Å². The van der Waals surface area contributed by atoms with E-state index < -0.39 is 0 Å². The molecule has 0 spiro atoms. The number of piperidine rings is 2. The molecule has 2 fully saturated rings. The first-order valence-corrected chi connectivity index (χ1v) is 12.3. The number of hydrogen-bond donors (Lipinski definition) is 2. The molecule has 2 N–H and O–H groups in total. The summed E-state index contributed by atoms with van der Waals surface area (Å²) < 4.78 is 5.78. The van der Waals surface area contributed by atoms with E-state index in [0.29, 0.717) is 6.04 Å². The van der Waals surface area contributed by atoms with E-state index in [-0.39, 0.29) is 6.04 Å². The van der Waals surface area contributed by atoms with Gasteiger partial charge in [-0.05, 0) is 75.3 Å². The number of likely N-dealkylation sites (tertiary alicyclic amines) is 1. The number of rotatable bonds is 7. The van der Waals surface area contributed by atoms with Gasteiger partial charge in [-0.15, -0.1) is 11.3 Å². The fourth-order valence-corrected chi connectivity index (χ4v) is 5.27. The lowest BCUT2D eigenvalue weighted by Gasteiger charge is -2.34. The lowest BCUT2D eigenvalue weighted by molar-refractivity contribution is 0.150. The van der Waals surface area contributed by atoms with E-state index in [2.05, 4.69) is 50.9 Å². The van der Waals surface area contributed by atoms with Crippen molar-refractivity contribution >= 4 is 22.3 Å². The molecule has 2 aliphatic heterocycles. The molecule has 0 aromatic carbocycles. The third kappa shape index (κ3) is 5.58. The van der Waals surface area contributed by atoms with Gasteiger partial charge < -0.3 is 20.0 Å². The molecule has 0 aliphatic carbocycles. The molecule has 2 aromatic rings. The molecule has 0 saturated carbocycles. The second kappa shape index (κ2) is 10.9. The van der Waals surface area contributed by atoms with Crippen LogP contribution in [0.2, 0.25) is 0 Å². The average Bonchev–Trinajstić information content (AvgIpc) is 3.50. The number of hydrogen-bond acceptors (Lipinski definition) is 5. The molecule has 0 amide bonds. The second-order valence-electron chi connectivity index (χ2n) is 8.20. The van der Waals surface area contributed by atoms with Crippen molar-refractivity contribution in [3.8, 4) is 0 Å². The normalized spacial score (nSPS) is 20.3. The maximum absolute atomic E-state index is 5.78. The quantitative estimate of drug-likeness (QED) is 0.513. The minimum absolute atomic E-state index is 0.219. The number of nitrogens with one attached hydrogen (secondary N) is 2. The van der Waals surface area contributed by atoms with Crippen LogP contribution < -0.4 is 15.5 Å². The van der Waals surface area contributed by atoms with Crippen LogP contribution in [0.4, 0.5) is 5.00 Å². The van der Waals surface area contributed by atoms with Crippen LogP contribution in [0.25, 0.3) is 0 Å². The van der Waals surface area contributed by atoms with Gasteiger partial charge in [-0.25, -0.2) is 0 Å². The number of thiophene rings is 1. The van der Waals surface area contributed by atoms with E-state index in [0.717, 1.165) is 63.8 Å². The van der Waals surface area contributed by atoms with Crippen molar-refractivity contribution < 1.29 is 4.42 Å². The zero-order valence-electron chi connectivity index (χ0n) is 18.1. The molecule has 2 aliphatic rings. The van der Waals surface area contributed by atoms with E-state index in [1.165, 1.54) is 24.3 Å². The summed E-state index contributed by atoms with van der Waals surface area (Å²) in [7, 11) is 0. The third-order valence-electron chi connectivity index (χ3n) is 6.12. The predicted octanol–water partition coefficient (Wildman–Crippen LogP) is 4.09. The summed E-state index contributed by atoms with van der Waals surface area (Å²) in [6.45, 7) is 8.18. The molecular formula is C23H35N5OS. The molecule has 4 heterocycles. The molecule has 2 aromatic heterocycles. The molecular weight excluding hydrogens is 394 g/mol. The van der Waals surface area contributed by atoms with Crippen LogP contribution in [0.3, 0.4) is 0 Å². The van der Waals surface area contributed by atoms with Crippen molar-refractivity contribution in [2.75, 3.05) is 44.2 Å². The number of nitrogens with zero attached hydrogens (tertiary/aromatic N) is 3. The van der Waals surface area contributed by atoms with Gasteiger partial charge in [0.1, 0.15) is 5.76 Å². The Labute approximate surface area is 184 Å². The van der Waals surface area contributed by atoms with E-state index in [1.807, 2.05) is 17.4 Å². The smallest absolute Gasteiger partial charge is 0.191 e. The van der Waals surface area contributed by atoms with Gasteiger partial charge in [0.15, 0.2) is 5.96 Å². The van der Waals surface area contributed by atoms with Crippen molar-refractivity contribution in [3.63, 3.8) is 0 Å². The lowest BCUT2D eigenvalue weighted by atomic mass is 10.1. The van der Waals surface area contributed by atoms with Gasteiger partial charge in [-0.1, -0.05) is 6.42 Å². The fraction of sp³-hybridized carbons (Fsp3) is 0.609.